The summed E-state index contributed by atoms with van der Waals surface area (Å²) in [6.07, 6.45) is -2.24. The number of hydrogen-bond acceptors (Lipinski definition) is 1. The van der Waals surface area contributed by atoms with E-state index in [0.717, 1.165) is 4.90 Å². The average Bonchev–Trinajstić information content (AvgIpc) is 2.17. The number of halogens is 2. The summed E-state index contributed by atoms with van der Waals surface area (Å²) < 4.78 is 24.7. The molecule has 1 aromatic carbocycles. The topological polar surface area (TPSA) is 0 Å². The van der Waals surface area contributed by atoms with Crippen LogP contribution in [0.25, 0.3) is 0 Å². The van der Waals surface area contributed by atoms with E-state index in [1.54, 1.807) is 11.8 Å². The fourth-order valence-corrected chi connectivity index (χ4v) is 2.48. The Hall–Kier alpha value is -0.505. The molecule has 0 spiro atoms. The van der Waals surface area contributed by atoms with Crippen molar-refractivity contribution in [1.82, 2.24) is 0 Å². The maximum atomic E-state index is 12.3. The van der Waals surface area contributed by atoms with Gasteiger partial charge in [0, 0.05) is 11.3 Å². The number of hydrogen-bond donors (Lipinski definition) is 0. The molecular formula is C11H15BF2S. The van der Waals surface area contributed by atoms with Crippen molar-refractivity contribution in [2.45, 2.75) is 36.5 Å². The van der Waals surface area contributed by atoms with Crippen LogP contribution in [-0.4, -0.2) is 18.3 Å². The van der Waals surface area contributed by atoms with Crippen LogP contribution in [0, 0.1) is 0 Å². The second-order valence-corrected chi connectivity index (χ2v) is 5.15. The maximum absolute atomic E-state index is 12.3. The first kappa shape index (κ1) is 12.6. The minimum Gasteiger partial charge on any atom is -0.211 e. The summed E-state index contributed by atoms with van der Waals surface area (Å²) in [5, 5.41) is -0.00704. The Morgan fingerprint density at radius 2 is 1.80 bits per heavy atom. The highest BCUT2D eigenvalue weighted by atomic mass is 32.2. The van der Waals surface area contributed by atoms with Gasteiger partial charge in [0.1, 0.15) is 6.71 Å². The van der Waals surface area contributed by atoms with Crippen molar-refractivity contribution in [1.29, 1.82) is 0 Å². The molecule has 0 saturated heterocycles. The third-order valence-electron chi connectivity index (χ3n) is 2.18. The zero-order valence-electron chi connectivity index (χ0n) is 8.99. The smallest absolute Gasteiger partial charge is 0.211 e. The summed E-state index contributed by atoms with van der Waals surface area (Å²) in [6, 6.07) is 9.72. The van der Waals surface area contributed by atoms with Gasteiger partial charge in [-0.15, -0.1) is 11.8 Å². The molecule has 0 N–H and O–H groups in total. The summed E-state index contributed by atoms with van der Waals surface area (Å²) in [4.78, 5) is 1.07. The number of rotatable bonds is 5. The molecule has 1 rings (SSSR count). The van der Waals surface area contributed by atoms with Crippen LogP contribution in [0.1, 0.15) is 6.42 Å². The zero-order chi connectivity index (χ0) is 11.3. The van der Waals surface area contributed by atoms with E-state index in [4.69, 9.17) is 0 Å². The quantitative estimate of drug-likeness (QED) is 0.540. The molecule has 0 aromatic heterocycles. The molecule has 82 valence electrons. The predicted molar refractivity (Wildman–Crippen MR) is 64.2 cm³/mol. The summed E-state index contributed by atoms with van der Waals surface area (Å²) in [5.41, 5.74) is 0. The lowest BCUT2D eigenvalue weighted by atomic mass is 9.51. The van der Waals surface area contributed by atoms with Crippen LogP contribution in [-0.2, 0) is 0 Å². The minimum atomic E-state index is -2.21. The highest BCUT2D eigenvalue weighted by Crippen LogP contribution is 2.28. The van der Waals surface area contributed by atoms with Gasteiger partial charge in [0.25, 0.3) is 0 Å². The predicted octanol–water partition coefficient (Wildman–Crippen LogP) is 4.10. The summed E-state index contributed by atoms with van der Waals surface area (Å²) in [7, 11) is 0. The molecule has 0 heterocycles. The SMILES string of the molecule is CB(C)C(CC(F)F)Sc1ccccc1. The van der Waals surface area contributed by atoms with E-state index in [2.05, 4.69) is 0 Å². The molecule has 0 amide bonds. The first-order valence-corrected chi connectivity index (χ1v) is 5.97. The molecule has 1 aromatic rings. The van der Waals surface area contributed by atoms with E-state index in [1.165, 1.54) is 0 Å². The normalized spacial score (nSPS) is 12.9. The van der Waals surface area contributed by atoms with Gasteiger partial charge in [0.15, 0.2) is 0 Å². The molecule has 0 bridgehead atoms. The van der Waals surface area contributed by atoms with Gasteiger partial charge in [-0.1, -0.05) is 31.8 Å². The Labute approximate surface area is 94.5 Å². The van der Waals surface area contributed by atoms with Crippen LogP contribution in [0.4, 0.5) is 8.78 Å². The van der Waals surface area contributed by atoms with Gasteiger partial charge in [0.05, 0.1) is 0 Å². The van der Waals surface area contributed by atoms with Gasteiger partial charge in [-0.25, -0.2) is 8.78 Å². The fourth-order valence-electron chi connectivity index (χ4n) is 1.31. The average molecular weight is 228 g/mol. The first-order chi connectivity index (χ1) is 7.09. The Balaban J connectivity index is 2.59. The molecule has 1 atom stereocenters. The minimum absolute atomic E-state index is 0.00704. The zero-order valence-corrected chi connectivity index (χ0v) is 9.81. The van der Waals surface area contributed by atoms with E-state index >= 15 is 0 Å². The molecule has 0 fully saturated rings. The standard InChI is InChI=1S/C11H15BF2S/c1-12(2)10(8-11(13)14)15-9-6-4-3-5-7-9/h3-7,10-11H,8H2,1-2H3. The van der Waals surface area contributed by atoms with Gasteiger partial charge in [-0.2, -0.15) is 0 Å². The second-order valence-electron chi connectivity index (χ2n) is 3.84. The van der Waals surface area contributed by atoms with Gasteiger partial charge < -0.3 is 0 Å². The molecule has 1 unspecified atom stereocenters. The third-order valence-corrected chi connectivity index (χ3v) is 3.77. The van der Waals surface area contributed by atoms with Crippen molar-refractivity contribution in [3.63, 3.8) is 0 Å². The molecule has 0 saturated carbocycles. The fraction of sp³-hybridized carbons (Fsp3) is 0.455. The lowest BCUT2D eigenvalue weighted by Crippen LogP contribution is -2.23. The third kappa shape index (κ3) is 4.69. The Morgan fingerprint density at radius 1 is 1.20 bits per heavy atom. The van der Waals surface area contributed by atoms with Crippen LogP contribution in [0.3, 0.4) is 0 Å². The molecule has 0 radical (unpaired) electrons. The van der Waals surface area contributed by atoms with Crippen LogP contribution in [0.15, 0.2) is 35.2 Å². The van der Waals surface area contributed by atoms with Crippen LogP contribution in [0.2, 0.25) is 13.6 Å². The molecule has 0 aliphatic carbocycles. The highest BCUT2D eigenvalue weighted by molar-refractivity contribution is 8.01. The number of thioether (sulfide) groups is 1. The van der Waals surface area contributed by atoms with Crippen molar-refractivity contribution in [2.24, 2.45) is 0 Å². The van der Waals surface area contributed by atoms with Crippen molar-refractivity contribution in [3.8, 4) is 0 Å². The summed E-state index contributed by atoms with van der Waals surface area (Å²) >= 11 is 1.55. The monoisotopic (exact) mass is 228 g/mol. The van der Waals surface area contributed by atoms with E-state index in [9.17, 15) is 8.78 Å². The first-order valence-electron chi connectivity index (χ1n) is 5.09. The molecule has 0 aliphatic heterocycles. The highest BCUT2D eigenvalue weighted by Gasteiger charge is 2.21. The summed E-state index contributed by atoms with van der Waals surface area (Å²) in [5.74, 6) is 0. The summed E-state index contributed by atoms with van der Waals surface area (Å²) in [6.45, 7) is 4.25. The molecule has 15 heavy (non-hydrogen) atoms. The number of benzene rings is 1. The largest absolute Gasteiger partial charge is 0.239 e. The molecular weight excluding hydrogens is 213 g/mol. The van der Waals surface area contributed by atoms with Crippen LogP contribution < -0.4 is 0 Å². The Morgan fingerprint density at radius 3 is 2.27 bits per heavy atom. The Bertz CT molecular complexity index is 277. The van der Waals surface area contributed by atoms with Crippen molar-refractivity contribution < 1.29 is 8.78 Å². The van der Waals surface area contributed by atoms with Crippen LogP contribution in [0.5, 0.6) is 0 Å². The lowest BCUT2D eigenvalue weighted by molar-refractivity contribution is 0.142. The van der Waals surface area contributed by atoms with E-state index in [0.29, 0.717) is 0 Å². The number of alkyl halides is 2. The van der Waals surface area contributed by atoms with Gasteiger partial charge in [-0.3, -0.25) is 0 Å². The van der Waals surface area contributed by atoms with Crippen molar-refractivity contribution in [2.75, 3.05) is 0 Å². The van der Waals surface area contributed by atoms with Crippen molar-refractivity contribution >= 4 is 18.5 Å². The maximum Gasteiger partial charge on any atom is 0.239 e. The molecule has 0 nitrogen and oxygen atoms in total. The lowest BCUT2D eigenvalue weighted by Gasteiger charge is -2.17. The van der Waals surface area contributed by atoms with Gasteiger partial charge >= 0.3 is 0 Å². The van der Waals surface area contributed by atoms with E-state index in [-0.39, 0.29) is 18.3 Å². The van der Waals surface area contributed by atoms with Crippen LogP contribution >= 0.6 is 11.8 Å². The van der Waals surface area contributed by atoms with Crippen molar-refractivity contribution in [3.05, 3.63) is 30.3 Å². The van der Waals surface area contributed by atoms with Gasteiger partial charge in [-0.05, 0) is 17.3 Å². The Kier molecular flexibility index (Phi) is 5.16. The van der Waals surface area contributed by atoms with E-state index < -0.39 is 6.43 Å². The van der Waals surface area contributed by atoms with E-state index in [1.807, 2.05) is 44.0 Å². The van der Waals surface area contributed by atoms with Gasteiger partial charge in [0.2, 0.25) is 6.43 Å². The second kappa shape index (κ2) is 6.16. The molecule has 4 heteroatoms. The molecule has 0 aliphatic rings.